The van der Waals surface area contributed by atoms with Crippen molar-refractivity contribution in [3.8, 4) is 0 Å². The number of ketones is 1. The van der Waals surface area contributed by atoms with Gasteiger partial charge >= 0.3 is 0 Å². The molecule has 3 heteroatoms. The molecule has 0 radical (unpaired) electrons. The van der Waals surface area contributed by atoms with E-state index in [9.17, 15) is 4.79 Å². The van der Waals surface area contributed by atoms with Gasteiger partial charge in [0.05, 0.1) is 0 Å². The first-order chi connectivity index (χ1) is 7.79. The second kappa shape index (κ2) is 7.80. The maximum Gasteiger partial charge on any atom is 0.161 e. The Morgan fingerprint density at radius 2 is 2.00 bits per heavy atom. The van der Waals surface area contributed by atoms with Crippen LogP contribution in [0.4, 0.5) is 0 Å². The van der Waals surface area contributed by atoms with E-state index in [4.69, 9.17) is 9.47 Å². The van der Waals surface area contributed by atoms with E-state index in [1.165, 1.54) is 0 Å². The minimum absolute atomic E-state index is 0.177. The molecule has 0 aromatic rings. The summed E-state index contributed by atoms with van der Waals surface area (Å²) in [6.07, 6.45) is 4.27. The van der Waals surface area contributed by atoms with E-state index in [1.54, 1.807) is 0 Å². The van der Waals surface area contributed by atoms with E-state index in [0.717, 1.165) is 38.9 Å². The minimum Gasteiger partial charge on any atom is -0.381 e. The van der Waals surface area contributed by atoms with Gasteiger partial charge in [-0.05, 0) is 31.6 Å². The SMILES string of the molecule is CCCOC(C(=O)CCC)C1CCOCC1. The summed E-state index contributed by atoms with van der Waals surface area (Å²) in [4.78, 5) is 12.0. The third-order valence-corrected chi connectivity index (χ3v) is 3.01. The Hall–Kier alpha value is -0.410. The summed E-state index contributed by atoms with van der Waals surface area (Å²) in [5, 5.41) is 0. The van der Waals surface area contributed by atoms with E-state index >= 15 is 0 Å². The van der Waals surface area contributed by atoms with Crippen molar-refractivity contribution >= 4 is 5.78 Å². The summed E-state index contributed by atoms with van der Waals surface area (Å²) >= 11 is 0. The highest BCUT2D eigenvalue weighted by Crippen LogP contribution is 2.23. The van der Waals surface area contributed by atoms with Gasteiger partial charge < -0.3 is 9.47 Å². The van der Waals surface area contributed by atoms with Gasteiger partial charge in [-0.15, -0.1) is 0 Å². The molecule has 1 rings (SSSR count). The Morgan fingerprint density at radius 3 is 2.56 bits per heavy atom. The monoisotopic (exact) mass is 228 g/mol. The lowest BCUT2D eigenvalue weighted by atomic mass is 9.90. The molecule has 1 saturated heterocycles. The van der Waals surface area contributed by atoms with Crippen LogP contribution in [0.25, 0.3) is 0 Å². The van der Waals surface area contributed by atoms with Crippen LogP contribution in [0.5, 0.6) is 0 Å². The van der Waals surface area contributed by atoms with Gasteiger partial charge in [-0.1, -0.05) is 13.8 Å². The quantitative estimate of drug-likeness (QED) is 0.672. The molecular formula is C13H24O3. The molecule has 0 saturated carbocycles. The first-order valence-electron chi connectivity index (χ1n) is 6.51. The average Bonchev–Trinajstić information content (AvgIpc) is 2.31. The number of rotatable bonds is 7. The Balaban J connectivity index is 2.50. The van der Waals surface area contributed by atoms with Crippen molar-refractivity contribution in [1.29, 1.82) is 0 Å². The van der Waals surface area contributed by atoms with Crippen LogP contribution in [0.3, 0.4) is 0 Å². The summed E-state index contributed by atoms with van der Waals surface area (Å²) in [7, 11) is 0. The standard InChI is InChI=1S/C13H24O3/c1-3-5-12(14)13(16-8-4-2)11-6-9-15-10-7-11/h11,13H,3-10H2,1-2H3. The van der Waals surface area contributed by atoms with Crippen molar-refractivity contribution in [2.75, 3.05) is 19.8 Å². The maximum absolute atomic E-state index is 12.0. The van der Waals surface area contributed by atoms with Crippen LogP contribution in [-0.4, -0.2) is 31.7 Å². The molecule has 0 spiro atoms. The number of carbonyl (C=O) groups is 1. The molecule has 94 valence electrons. The molecule has 0 aromatic heterocycles. The first kappa shape index (κ1) is 13.7. The third kappa shape index (κ3) is 4.22. The number of Topliss-reactive ketones (excluding diaryl/α,β-unsaturated/α-hetero) is 1. The van der Waals surface area contributed by atoms with Gasteiger partial charge in [0.1, 0.15) is 6.10 Å². The summed E-state index contributed by atoms with van der Waals surface area (Å²) in [6, 6.07) is 0. The fraction of sp³-hybridized carbons (Fsp3) is 0.923. The van der Waals surface area contributed by atoms with Crippen LogP contribution in [0.1, 0.15) is 46.0 Å². The Labute approximate surface area is 98.5 Å². The Bertz CT molecular complexity index is 197. The van der Waals surface area contributed by atoms with Crippen molar-refractivity contribution in [1.82, 2.24) is 0 Å². The van der Waals surface area contributed by atoms with E-state index in [2.05, 4.69) is 6.92 Å². The van der Waals surface area contributed by atoms with Gasteiger partial charge in [-0.2, -0.15) is 0 Å². The summed E-state index contributed by atoms with van der Waals surface area (Å²) in [5.41, 5.74) is 0. The van der Waals surface area contributed by atoms with Crippen molar-refractivity contribution in [3.63, 3.8) is 0 Å². The van der Waals surface area contributed by atoms with Gasteiger partial charge in [-0.25, -0.2) is 0 Å². The highest BCUT2D eigenvalue weighted by molar-refractivity contribution is 5.83. The average molecular weight is 228 g/mol. The van der Waals surface area contributed by atoms with E-state index in [0.29, 0.717) is 18.9 Å². The lowest BCUT2D eigenvalue weighted by Crippen LogP contribution is -2.36. The molecule has 0 aromatic carbocycles. The molecule has 3 nitrogen and oxygen atoms in total. The van der Waals surface area contributed by atoms with Gasteiger partial charge in [0.25, 0.3) is 0 Å². The minimum atomic E-state index is -0.177. The second-order valence-corrected chi connectivity index (χ2v) is 4.46. The van der Waals surface area contributed by atoms with Gasteiger partial charge in [0.2, 0.25) is 0 Å². The van der Waals surface area contributed by atoms with Gasteiger partial charge in [0, 0.05) is 26.2 Å². The van der Waals surface area contributed by atoms with Crippen molar-refractivity contribution < 1.29 is 14.3 Å². The zero-order valence-electron chi connectivity index (χ0n) is 10.5. The number of hydrogen-bond donors (Lipinski definition) is 0. The summed E-state index contributed by atoms with van der Waals surface area (Å²) in [5.74, 6) is 0.655. The molecule has 0 N–H and O–H groups in total. The zero-order valence-corrected chi connectivity index (χ0v) is 10.5. The normalized spacial score (nSPS) is 19.6. The van der Waals surface area contributed by atoms with Crippen LogP contribution < -0.4 is 0 Å². The molecule has 0 amide bonds. The molecule has 1 atom stereocenters. The molecule has 1 aliphatic rings. The first-order valence-corrected chi connectivity index (χ1v) is 6.51. The highest BCUT2D eigenvalue weighted by atomic mass is 16.5. The number of ether oxygens (including phenoxy) is 2. The molecule has 16 heavy (non-hydrogen) atoms. The predicted molar refractivity (Wildman–Crippen MR) is 63.5 cm³/mol. The zero-order chi connectivity index (χ0) is 11.8. The van der Waals surface area contributed by atoms with E-state index in [-0.39, 0.29) is 11.9 Å². The van der Waals surface area contributed by atoms with Crippen molar-refractivity contribution in [2.45, 2.75) is 52.1 Å². The van der Waals surface area contributed by atoms with E-state index in [1.807, 2.05) is 6.92 Å². The topological polar surface area (TPSA) is 35.5 Å². The summed E-state index contributed by atoms with van der Waals surface area (Å²) in [6.45, 7) is 6.35. The van der Waals surface area contributed by atoms with Crippen LogP contribution in [0.15, 0.2) is 0 Å². The molecule has 0 aliphatic carbocycles. The van der Waals surface area contributed by atoms with Crippen LogP contribution >= 0.6 is 0 Å². The van der Waals surface area contributed by atoms with Crippen LogP contribution in [0.2, 0.25) is 0 Å². The van der Waals surface area contributed by atoms with E-state index < -0.39 is 0 Å². The Kier molecular flexibility index (Phi) is 6.65. The molecule has 1 aliphatic heterocycles. The molecular weight excluding hydrogens is 204 g/mol. The fourth-order valence-electron chi connectivity index (χ4n) is 2.14. The summed E-state index contributed by atoms with van der Waals surface area (Å²) < 4.78 is 11.1. The number of hydrogen-bond acceptors (Lipinski definition) is 3. The second-order valence-electron chi connectivity index (χ2n) is 4.46. The highest BCUT2D eigenvalue weighted by Gasteiger charge is 2.29. The molecule has 1 fully saturated rings. The van der Waals surface area contributed by atoms with Crippen molar-refractivity contribution in [3.05, 3.63) is 0 Å². The van der Waals surface area contributed by atoms with Crippen LogP contribution in [0, 0.1) is 5.92 Å². The Morgan fingerprint density at radius 1 is 1.31 bits per heavy atom. The predicted octanol–water partition coefficient (Wildman–Crippen LogP) is 2.58. The largest absolute Gasteiger partial charge is 0.381 e. The van der Waals surface area contributed by atoms with Crippen LogP contribution in [-0.2, 0) is 14.3 Å². The maximum atomic E-state index is 12.0. The molecule has 0 bridgehead atoms. The molecule has 1 unspecified atom stereocenters. The smallest absolute Gasteiger partial charge is 0.161 e. The molecule has 1 heterocycles. The van der Waals surface area contributed by atoms with Gasteiger partial charge in [-0.3, -0.25) is 4.79 Å². The number of carbonyl (C=O) groups excluding carboxylic acids is 1. The van der Waals surface area contributed by atoms with Crippen molar-refractivity contribution in [2.24, 2.45) is 5.92 Å². The lowest BCUT2D eigenvalue weighted by molar-refractivity contribution is -0.137. The van der Waals surface area contributed by atoms with Gasteiger partial charge in [0.15, 0.2) is 5.78 Å². The lowest BCUT2D eigenvalue weighted by Gasteiger charge is -2.29. The fourth-order valence-corrected chi connectivity index (χ4v) is 2.14. The third-order valence-electron chi connectivity index (χ3n) is 3.01.